The summed E-state index contributed by atoms with van der Waals surface area (Å²) in [6.45, 7) is 0. The van der Waals surface area contributed by atoms with Crippen molar-refractivity contribution in [2.45, 2.75) is 6.18 Å². The van der Waals surface area contributed by atoms with Crippen molar-refractivity contribution in [2.24, 2.45) is 0 Å². The Morgan fingerprint density at radius 3 is 2.18 bits per heavy atom. The Bertz CT molecular complexity index is 535. The number of alkyl halides is 3. The second-order valence-corrected chi connectivity index (χ2v) is 4.24. The van der Waals surface area contributed by atoms with Crippen molar-refractivity contribution >= 4 is 27.5 Å². The molecule has 17 heavy (non-hydrogen) atoms. The largest absolute Gasteiger partial charge is 0.426 e. The molecule has 1 aromatic heterocycles. The Kier molecular flexibility index (Phi) is 3.18. The van der Waals surface area contributed by atoms with Crippen LogP contribution < -0.4 is 0 Å². The molecular formula is C10H4BrClF3NO. The quantitative estimate of drug-likeness (QED) is 0.754. The molecule has 7 heteroatoms. The van der Waals surface area contributed by atoms with Crippen molar-refractivity contribution in [3.05, 3.63) is 39.8 Å². The summed E-state index contributed by atoms with van der Waals surface area (Å²) in [4.78, 5) is 3.75. The summed E-state index contributed by atoms with van der Waals surface area (Å²) in [5, 5.41) is -0.0771. The van der Waals surface area contributed by atoms with Crippen LogP contribution in [0.3, 0.4) is 0 Å². The number of rotatable bonds is 1. The van der Waals surface area contributed by atoms with Gasteiger partial charge in [0, 0.05) is 5.56 Å². The van der Waals surface area contributed by atoms with E-state index in [4.69, 9.17) is 16.0 Å². The second kappa shape index (κ2) is 4.34. The number of benzene rings is 1. The van der Waals surface area contributed by atoms with Crippen LogP contribution in [0.1, 0.15) is 5.56 Å². The summed E-state index contributed by atoms with van der Waals surface area (Å²) in [5.41, 5.74) is -0.257. The number of hydrogen-bond acceptors (Lipinski definition) is 2. The molecule has 0 aliphatic heterocycles. The van der Waals surface area contributed by atoms with Gasteiger partial charge in [-0.1, -0.05) is 12.1 Å². The first-order valence-electron chi connectivity index (χ1n) is 4.37. The zero-order valence-corrected chi connectivity index (χ0v) is 10.4. The highest BCUT2D eigenvalue weighted by atomic mass is 79.9. The minimum Gasteiger partial charge on any atom is -0.426 e. The topological polar surface area (TPSA) is 26.0 Å². The molecule has 2 nitrogen and oxygen atoms in total. The van der Waals surface area contributed by atoms with Gasteiger partial charge in [-0.2, -0.15) is 18.2 Å². The van der Waals surface area contributed by atoms with Gasteiger partial charge in [0.25, 0.3) is 5.35 Å². The van der Waals surface area contributed by atoms with Crippen LogP contribution in [-0.4, -0.2) is 4.98 Å². The molecule has 0 unspecified atom stereocenters. The number of nitrogens with zero attached hydrogens (tertiary/aromatic N) is 1. The van der Waals surface area contributed by atoms with Gasteiger partial charge in [-0.05, 0) is 39.7 Å². The summed E-state index contributed by atoms with van der Waals surface area (Å²) in [7, 11) is 0. The molecule has 0 spiro atoms. The fraction of sp³-hybridized carbons (Fsp3) is 0.100. The second-order valence-electron chi connectivity index (χ2n) is 3.16. The Hall–Kier alpha value is -1.01. The summed E-state index contributed by atoms with van der Waals surface area (Å²) < 4.78 is 42.4. The van der Waals surface area contributed by atoms with E-state index < -0.39 is 11.7 Å². The zero-order valence-electron chi connectivity index (χ0n) is 8.05. The maximum Gasteiger partial charge on any atom is 0.416 e. The summed E-state index contributed by atoms with van der Waals surface area (Å²) in [5.74, 6) is 0.295. The maximum atomic E-state index is 12.3. The third-order valence-electron chi connectivity index (χ3n) is 2.03. The molecule has 0 saturated carbocycles. The molecule has 1 aromatic carbocycles. The van der Waals surface area contributed by atoms with E-state index in [0.29, 0.717) is 15.9 Å². The van der Waals surface area contributed by atoms with Gasteiger partial charge >= 0.3 is 6.18 Å². The maximum absolute atomic E-state index is 12.3. The first-order valence-corrected chi connectivity index (χ1v) is 5.54. The Morgan fingerprint density at radius 1 is 1.18 bits per heavy atom. The molecule has 0 aliphatic rings. The van der Waals surface area contributed by atoms with E-state index >= 15 is 0 Å². The van der Waals surface area contributed by atoms with Crippen LogP contribution >= 0.6 is 27.5 Å². The number of oxazole rings is 1. The van der Waals surface area contributed by atoms with E-state index in [1.807, 2.05) is 0 Å². The standard InChI is InChI=1S/C10H4BrClF3NO/c11-8-7(17-9(12)16-8)5-1-3-6(4-2-5)10(13,14)15/h1-4H. The average Bonchev–Trinajstić information content (AvgIpc) is 2.57. The van der Waals surface area contributed by atoms with Crippen LogP contribution in [0.2, 0.25) is 5.35 Å². The van der Waals surface area contributed by atoms with E-state index in [1.165, 1.54) is 12.1 Å². The van der Waals surface area contributed by atoms with E-state index in [-0.39, 0.29) is 5.35 Å². The van der Waals surface area contributed by atoms with Gasteiger partial charge in [-0.25, -0.2) is 0 Å². The van der Waals surface area contributed by atoms with E-state index in [2.05, 4.69) is 20.9 Å². The molecule has 0 saturated heterocycles. The van der Waals surface area contributed by atoms with Crippen molar-refractivity contribution in [3.63, 3.8) is 0 Å². The highest BCUT2D eigenvalue weighted by Gasteiger charge is 2.30. The van der Waals surface area contributed by atoms with Gasteiger partial charge in [0.15, 0.2) is 10.4 Å². The lowest BCUT2D eigenvalue weighted by Crippen LogP contribution is -2.03. The molecule has 0 bridgehead atoms. The van der Waals surface area contributed by atoms with Crippen LogP contribution in [0.4, 0.5) is 13.2 Å². The van der Waals surface area contributed by atoms with E-state index in [0.717, 1.165) is 12.1 Å². The van der Waals surface area contributed by atoms with Gasteiger partial charge in [0.1, 0.15) is 0 Å². The van der Waals surface area contributed by atoms with E-state index in [9.17, 15) is 13.2 Å². The monoisotopic (exact) mass is 325 g/mol. The Labute approximate surface area is 108 Å². The fourth-order valence-corrected chi connectivity index (χ4v) is 2.00. The van der Waals surface area contributed by atoms with Gasteiger partial charge < -0.3 is 4.42 Å². The molecule has 0 aliphatic carbocycles. The first-order chi connectivity index (χ1) is 7.88. The minimum absolute atomic E-state index is 0.0771. The molecule has 0 fully saturated rings. The third kappa shape index (κ3) is 2.63. The van der Waals surface area contributed by atoms with Gasteiger partial charge in [0.05, 0.1) is 5.56 Å². The molecule has 0 radical (unpaired) electrons. The normalized spacial score (nSPS) is 11.8. The molecule has 0 amide bonds. The van der Waals surface area contributed by atoms with Crippen LogP contribution in [-0.2, 0) is 6.18 Å². The molecular weight excluding hydrogens is 322 g/mol. The lowest BCUT2D eigenvalue weighted by molar-refractivity contribution is -0.137. The van der Waals surface area contributed by atoms with Crippen molar-refractivity contribution < 1.29 is 17.6 Å². The number of hydrogen-bond donors (Lipinski definition) is 0. The molecule has 90 valence electrons. The molecule has 0 N–H and O–H groups in total. The lowest BCUT2D eigenvalue weighted by atomic mass is 10.1. The van der Waals surface area contributed by atoms with Gasteiger partial charge in [-0.3, -0.25) is 0 Å². The fourth-order valence-electron chi connectivity index (χ4n) is 1.27. The predicted octanol–water partition coefficient (Wildman–Crippen LogP) is 4.78. The smallest absolute Gasteiger partial charge is 0.416 e. The van der Waals surface area contributed by atoms with Crippen LogP contribution in [0.15, 0.2) is 33.3 Å². The van der Waals surface area contributed by atoms with Crippen molar-refractivity contribution in [1.82, 2.24) is 4.98 Å². The molecule has 2 rings (SSSR count). The van der Waals surface area contributed by atoms with Crippen molar-refractivity contribution in [1.29, 1.82) is 0 Å². The first kappa shape index (κ1) is 12.4. The summed E-state index contributed by atoms with van der Waals surface area (Å²) >= 11 is 8.63. The van der Waals surface area contributed by atoms with Crippen LogP contribution in [0.5, 0.6) is 0 Å². The van der Waals surface area contributed by atoms with Crippen molar-refractivity contribution in [2.75, 3.05) is 0 Å². The predicted molar refractivity (Wildman–Crippen MR) is 59.7 cm³/mol. The summed E-state index contributed by atoms with van der Waals surface area (Å²) in [6, 6.07) is 4.53. The molecule has 2 aromatic rings. The minimum atomic E-state index is -4.35. The van der Waals surface area contributed by atoms with Crippen molar-refractivity contribution in [3.8, 4) is 11.3 Å². The molecule has 1 heterocycles. The highest BCUT2D eigenvalue weighted by Crippen LogP contribution is 2.34. The SMILES string of the molecule is FC(F)(F)c1ccc(-c2oc(Cl)nc2Br)cc1. The van der Waals surface area contributed by atoms with E-state index in [1.54, 1.807) is 0 Å². The van der Waals surface area contributed by atoms with Gasteiger partial charge in [-0.15, -0.1) is 0 Å². The van der Waals surface area contributed by atoms with Crippen LogP contribution in [0.25, 0.3) is 11.3 Å². The Balaban J connectivity index is 2.39. The zero-order chi connectivity index (χ0) is 12.6. The lowest BCUT2D eigenvalue weighted by Gasteiger charge is -2.06. The molecule has 0 atom stereocenters. The third-order valence-corrected chi connectivity index (χ3v) is 2.73. The number of halogens is 5. The summed E-state index contributed by atoms with van der Waals surface area (Å²) in [6.07, 6.45) is -4.35. The van der Waals surface area contributed by atoms with Gasteiger partial charge in [0.2, 0.25) is 0 Å². The van der Waals surface area contributed by atoms with Crippen LogP contribution in [0, 0.1) is 0 Å². The number of aromatic nitrogens is 1. The average molecular weight is 326 g/mol. The Morgan fingerprint density at radius 2 is 1.76 bits per heavy atom. The highest BCUT2D eigenvalue weighted by molar-refractivity contribution is 9.10.